The number of phenols is 1. The van der Waals surface area contributed by atoms with E-state index in [0.29, 0.717) is 6.42 Å². The molecule has 0 fully saturated rings. The molecule has 1 amide bonds. The van der Waals surface area contributed by atoms with Gasteiger partial charge < -0.3 is 15.2 Å². The number of aromatic hydroxyl groups is 1. The molecule has 0 aromatic heterocycles. The Bertz CT molecular complexity index is 648. The fraction of sp³-hybridized carbons (Fsp3) is 0.176. The van der Waals surface area contributed by atoms with E-state index in [-0.39, 0.29) is 12.4 Å². The number of benzene rings is 2. The van der Waals surface area contributed by atoms with Gasteiger partial charge in [-0.3, -0.25) is 0 Å². The van der Waals surface area contributed by atoms with Crippen LogP contribution in [0.15, 0.2) is 54.6 Å². The van der Waals surface area contributed by atoms with Crippen molar-refractivity contribution in [2.24, 2.45) is 0 Å². The van der Waals surface area contributed by atoms with E-state index in [1.807, 2.05) is 36.4 Å². The zero-order valence-corrected chi connectivity index (χ0v) is 11.9. The van der Waals surface area contributed by atoms with E-state index in [1.165, 1.54) is 12.1 Å². The molecule has 2 aromatic rings. The van der Waals surface area contributed by atoms with Gasteiger partial charge in [0.05, 0.1) is 6.07 Å². The number of nitriles is 1. The first kappa shape index (κ1) is 15.4. The molecule has 5 heteroatoms. The lowest BCUT2D eigenvalue weighted by Crippen LogP contribution is -2.35. The summed E-state index contributed by atoms with van der Waals surface area (Å²) in [6.45, 7) is 0.157. The van der Waals surface area contributed by atoms with Crippen molar-refractivity contribution >= 4 is 6.09 Å². The maximum Gasteiger partial charge on any atom is 0.408 e. The fourth-order valence-electron chi connectivity index (χ4n) is 1.90. The van der Waals surface area contributed by atoms with Crippen molar-refractivity contribution in [3.8, 4) is 11.8 Å². The van der Waals surface area contributed by atoms with Gasteiger partial charge in [-0.2, -0.15) is 5.26 Å². The number of rotatable bonds is 5. The number of nitrogens with zero attached hydrogens (tertiary/aromatic N) is 1. The maximum absolute atomic E-state index is 11.7. The Morgan fingerprint density at radius 1 is 1.14 bits per heavy atom. The third-order valence-corrected chi connectivity index (χ3v) is 3.04. The van der Waals surface area contributed by atoms with Crippen molar-refractivity contribution in [3.05, 3.63) is 65.7 Å². The average molecular weight is 296 g/mol. The summed E-state index contributed by atoms with van der Waals surface area (Å²) in [6.07, 6.45) is -0.286. The molecular formula is C17H16N2O3. The van der Waals surface area contributed by atoms with E-state index in [0.717, 1.165) is 11.1 Å². The molecule has 22 heavy (non-hydrogen) atoms. The largest absolute Gasteiger partial charge is 0.508 e. The van der Waals surface area contributed by atoms with Crippen molar-refractivity contribution in [1.29, 1.82) is 5.26 Å². The minimum Gasteiger partial charge on any atom is -0.508 e. The van der Waals surface area contributed by atoms with Crippen molar-refractivity contribution in [3.63, 3.8) is 0 Å². The van der Waals surface area contributed by atoms with Gasteiger partial charge in [0.25, 0.3) is 0 Å². The minimum atomic E-state index is -0.687. The first-order chi connectivity index (χ1) is 10.7. The first-order valence-electron chi connectivity index (χ1n) is 6.82. The Balaban J connectivity index is 1.83. The van der Waals surface area contributed by atoms with E-state index >= 15 is 0 Å². The van der Waals surface area contributed by atoms with E-state index in [1.54, 1.807) is 12.1 Å². The smallest absolute Gasteiger partial charge is 0.408 e. The lowest BCUT2D eigenvalue weighted by molar-refractivity contribution is 0.137. The van der Waals surface area contributed by atoms with E-state index in [9.17, 15) is 9.90 Å². The minimum absolute atomic E-state index is 0.157. The van der Waals surface area contributed by atoms with Crippen LogP contribution in [0.4, 0.5) is 4.79 Å². The van der Waals surface area contributed by atoms with Crippen LogP contribution in [0.25, 0.3) is 0 Å². The number of hydrogen-bond acceptors (Lipinski definition) is 4. The summed E-state index contributed by atoms with van der Waals surface area (Å²) in [4.78, 5) is 11.7. The van der Waals surface area contributed by atoms with Gasteiger partial charge in [-0.05, 0) is 23.3 Å². The number of ether oxygens (including phenoxy) is 1. The van der Waals surface area contributed by atoms with Crippen molar-refractivity contribution in [2.45, 2.75) is 19.1 Å². The number of carbonyl (C=O) groups is 1. The monoisotopic (exact) mass is 296 g/mol. The zero-order valence-electron chi connectivity index (χ0n) is 11.9. The van der Waals surface area contributed by atoms with Crippen LogP contribution in [0.3, 0.4) is 0 Å². The SMILES string of the molecule is N#C[C@@H](Cc1ccc(O)cc1)NC(=O)OCc1ccccc1. The van der Waals surface area contributed by atoms with Gasteiger partial charge in [0.15, 0.2) is 0 Å². The van der Waals surface area contributed by atoms with Crippen LogP contribution >= 0.6 is 0 Å². The van der Waals surface area contributed by atoms with Crippen molar-refractivity contribution in [2.75, 3.05) is 0 Å². The van der Waals surface area contributed by atoms with E-state index in [4.69, 9.17) is 10.00 Å². The molecule has 2 aromatic carbocycles. The Morgan fingerprint density at radius 2 is 1.82 bits per heavy atom. The molecule has 5 nitrogen and oxygen atoms in total. The summed E-state index contributed by atoms with van der Waals surface area (Å²) in [5.74, 6) is 0.160. The molecule has 0 saturated heterocycles. The zero-order chi connectivity index (χ0) is 15.8. The highest BCUT2D eigenvalue weighted by Gasteiger charge is 2.13. The van der Waals surface area contributed by atoms with Crippen molar-refractivity contribution < 1.29 is 14.6 Å². The highest BCUT2D eigenvalue weighted by atomic mass is 16.5. The molecule has 0 aliphatic rings. The first-order valence-corrected chi connectivity index (χ1v) is 6.82. The standard InChI is InChI=1S/C17H16N2O3/c18-11-15(10-13-6-8-16(20)9-7-13)19-17(21)22-12-14-4-2-1-3-5-14/h1-9,15,20H,10,12H2,(H,19,21)/t15-/m1/s1. The molecule has 0 heterocycles. The molecule has 0 aliphatic carbocycles. The predicted molar refractivity (Wildman–Crippen MR) is 81.0 cm³/mol. The number of nitrogens with one attached hydrogen (secondary N) is 1. The van der Waals surface area contributed by atoms with Gasteiger partial charge >= 0.3 is 6.09 Å². The third kappa shape index (κ3) is 4.84. The van der Waals surface area contributed by atoms with E-state index < -0.39 is 12.1 Å². The molecule has 2 rings (SSSR count). The van der Waals surface area contributed by atoms with Crippen LogP contribution in [0, 0.1) is 11.3 Å². The summed E-state index contributed by atoms with van der Waals surface area (Å²) in [7, 11) is 0. The fourth-order valence-corrected chi connectivity index (χ4v) is 1.90. The third-order valence-electron chi connectivity index (χ3n) is 3.04. The molecule has 0 radical (unpaired) electrons. The van der Waals surface area contributed by atoms with Crippen LogP contribution in [0.1, 0.15) is 11.1 Å². The molecule has 0 bridgehead atoms. The molecule has 0 unspecified atom stereocenters. The van der Waals surface area contributed by atoms with Gasteiger partial charge in [0.2, 0.25) is 0 Å². The quantitative estimate of drug-likeness (QED) is 0.888. The summed E-state index contributed by atoms with van der Waals surface area (Å²) < 4.78 is 5.08. The average Bonchev–Trinajstić information content (AvgIpc) is 2.55. The Labute approximate surface area is 128 Å². The topological polar surface area (TPSA) is 82.4 Å². The van der Waals surface area contributed by atoms with Crippen molar-refractivity contribution in [1.82, 2.24) is 5.32 Å². The molecule has 0 spiro atoms. The van der Waals surface area contributed by atoms with Crippen LogP contribution in [-0.2, 0) is 17.8 Å². The summed E-state index contributed by atoms with van der Waals surface area (Å²) >= 11 is 0. The molecule has 112 valence electrons. The highest BCUT2D eigenvalue weighted by molar-refractivity contribution is 5.68. The summed E-state index contributed by atoms with van der Waals surface area (Å²) in [5.41, 5.74) is 1.72. The molecule has 2 N–H and O–H groups in total. The van der Waals surface area contributed by atoms with Gasteiger partial charge in [-0.1, -0.05) is 42.5 Å². The molecule has 0 saturated carbocycles. The molecular weight excluding hydrogens is 280 g/mol. The number of phenolic OH excluding ortho intramolecular Hbond substituents is 1. The number of carbonyl (C=O) groups excluding carboxylic acids is 1. The lowest BCUT2D eigenvalue weighted by Gasteiger charge is -2.12. The van der Waals surface area contributed by atoms with Gasteiger partial charge in [-0.15, -0.1) is 0 Å². The maximum atomic E-state index is 11.7. The number of amides is 1. The van der Waals surface area contributed by atoms with Gasteiger partial charge in [-0.25, -0.2) is 4.79 Å². The van der Waals surface area contributed by atoms with Gasteiger partial charge in [0.1, 0.15) is 18.4 Å². The number of hydrogen-bond donors (Lipinski definition) is 2. The van der Waals surface area contributed by atoms with Crippen LogP contribution in [0.5, 0.6) is 5.75 Å². The Hall–Kier alpha value is -3.00. The normalized spacial score (nSPS) is 11.2. The Morgan fingerprint density at radius 3 is 2.45 bits per heavy atom. The highest BCUT2D eigenvalue weighted by Crippen LogP contribution is 2.11. The van der Waals surface area contributed by atoms with E-state index in [2.05, 4.69) is 5.32 Å². The van der Waals surface area contributed by atoms with Gasteiger partial charge in [0, 0.05) is 6.42 Å². The number of alkyl carbamates (subject to hydrolysis) is 1. The van der Waals surface area contributed by atoms with Crippen LogP contribution < -0.4 is 5.32 Å². The van der Waals surface area contributed by atoms with Crippen LogP contribution in [0.2, 0.25) is 0 Å². The summed E-state index contributed by atoms with van der Waals surface area (Å²) in [5, 5.41) is 20.8. The van der Waals surface area contributed by atoms with Crippen LogP contribution in [-0.4, -0.2) is 17.2 Å². The predicted octanol–water partition coefficient (Wildman–Crippen LogP) is 2.75. The lowest BCUT2D eigenvalue weighted by atomic mass is 10.1. The molecule has 1 atom stereocenters. The second kappa shape index (κ2) is 7.70. The second-order valence-corrected chi connectivity index (χ2v) is 4.76. The Kier molecular flexibility index (Phi) is 5.38. The second-order valence-electron chi connectivity index (χ2n) is 4.76. The molecule has 0 aliphatic heterocycles. The summed E-state index contributed by atoms with van der Waals surface area (Å²) in [6, 6.07) is 17.1.